The quantitative estimate of drug-likeness (QED) is 0.397. The van der Waals surface area contributed by atoms with Crippen LogP contribution in [0.25, 0.3) is 0 Å². The minimum atomic E-state index is 0. The Bertz CT molecular complexity index is 8.00. The van der Waals surface area contributed by atoms with Gasteiger partial charge < -0.3 is 0 Å². The van der Waals surface area contributed by atoms with Gasteiger partial charge >= 0.3 is 47.0 Å². The molecule has 0 saturated carbocycles. The molecule has 0 spiro atoms. The molecule has 0 heterocycles. The topological polar surface area (TPSA) is 0 Å². The molecule has 0 rings (SSSR count). The second-order valence-electron chi connectivity index (χ2n) is 0. The van der Waals surface area contributed by atoms with Gasteiger partial charge in [0.2, 0.25) is 0 Å². The van der Waals surface area contributed by atoms with Crippen molar-refractivity contribution in [1.29, 1.82) is 0 Å². The van der Waals surface area contributed by atoms with Crippen LogP contribution >= 0.6 is 0 Å². The van der Waals surface area contributed by atoms with E-state index >= 15 is 0 Å². The third kappa shape index (κ3) is 8.83. The van der Waals surface area contributed by atoms with Crippen LogP contribution in [-0.2, 0) is 19.5 Å². The second-order valence-corrected chi connectivity index (χ2v) is 0. The Morgan fingerprint density at radius 3 is 1.00 bits per heavy atom. The molecule has 0 fully saturated rings. The molecule has 18 valence electrons. The summed E-state index contributed by atoms with van der Waals surface area (Å²) in [5.74, 6) is 0. The van der Waals surface area contributed by atoms with Gasteiger partial charge in [0.05, 0.1) is 0 Å². The maximum atomic E-state index is 0. The van der Waals surface area contributed by atoms with Crippen LogP contribution in [0, 0.1) is 0 Å². The molecular formula is H7AlMgSnZn. The summed E-state index contributed by atoms with van der Waals surface area (Å²) in [7, 11) is 0. The second kappa shape index (κ2) is 17.2. The van der Waals surface area contributed by atoms with Crippen LogP contribution in [0.3, 0.4) is 0 Å². The Kier molecular flexibility index (Phi) is 128. The van der Waals surface area contributed by atoms with Crippen molar-refractivity contribution in [1.82, 2.24) is 0 Å². The van der Waals surface area contributed by atoms with Crippen molar-refractivity contribution in [2.45, 2.75) is 0 Å². The maximum absolute atomic E-state index is 0. The Balaban J connectivity index is 0. The van der Waals surface area contributed by atoms with Crippen LogP contribution < -0.4 is 0 Å². The van der Waals surface area contributed by atoms with E-state index in [4.69, 9.17) is 0 Å². The molecule has 0 aromatic carbocycles. The van der Waals surface area contributed by atoms with E-state index in [1.165, 1.54) is 0 Å². The average Bonchev–Trinajstić information content (AvgIpc) is 0. The van der Waals surface area contributed by atoms with E-state index in [-0.39, 0.29) is 83.8 Å². The summed E-state index contributed by atoms with van der Waals surface area (Å²) < 4.78 is 0. The molecule has 0 aliphatic carbocycles. The largest absolute Gasteiger partial charge is 0 e. The van der Waals surface area contributed by atoms with Gasteiger partial charge in [0.1, 0.15) is 0 Å². The van der Waals surface area contributed by atoms with Crippen LogP contribution in [0.15, 0.2) is 0 Å². The summed E-state index contributed by atoms with van der Waals surface area (Å²) in [6.07, 6.45) is 0. The van der Waals surface area contributed by atoms with Crippen molar-refractivity contribution in [3.63, 3.8) is 0 Å². The normalized spacial score (nSPS) is 0. The molecule has 0 aliphatic heterocycles. The van der Waals surface area contributed by atoms with Gasteiger partial charge in [-0.3, -0.25) is 0 Å². The first-order valence-corrected chi connectivity index (χ1v) is 0. The van der Waals surface area contributed by atoms with Gasteiger partial charge in [-0.05, 0) is 0 Å². The van der Waals surface area contributed by atoms with Gasteiger partial charge in [-0.1, -0.05) is 0 Å². The summed E-state index contributed by atoms with van der Waals surface area (Å²) in [5, 5.41) is 0. The molecule has 4 heteroatoms. The standard InChI is InChI=1S/Al.Mg.Sn.Zn.7H. The van der Waals surface area contributed by atoms with Crippen molar-refractivity contribution < 1.29 is 19.5 Å². The van der Waals surface area contributed by atoms with Crippen molar-refractivity contribution >= 4 is 64.3 Å². The fraction of sp³-hybridized carbons (Fsp3) is 0. The Hall–Kier alpha value is 2.72. The molecule has 0 bridgehead atoms. The molecule has 4 heavy (non-hydrogen) atoms. The summed E-state index contributed by atoms with van der Waals surface area (Å²) in [5.41, 5.74) is 0. The van der Waals surface area contributed by atoms with E-state index in [1.807, 2.05) is 0 Å². The molecule has 0 N–H and O–H groups in total. The molecule has 0 aromatic heterocycles. The third-order valence-corrected chi connectivity index (χ3v) is 0. The first-order valence-electron chi connectivity index (χ1n) is 0. The summed E-state index contributed by atoms with van der Waals surface area (Å²) in [6, 6.07) is 0. The van der Waals surface area contributed by atoms with Crippen molar-refractivity contribution in [3.8, 4) is 0 Å². The number of hydrogen-bond donors (Lipinski definition) is 0. The van der Waals surface area contributed by atoms with Crippen molar-refractivity contribution in [3.05, 3.63) is 0 Å². The van der Waals surface area contributed by atoms with Crippen LogP contribution in [0.2, 0.25) is 0 Å². The van der Waals surface area contributed by atoms with E-state index in [1.54, 1.807) is 0 Å². The molecular weight excluding hydrogens is 235 g/mol. The van der Waals surface area contributed by atoms with E-state index in [2.05, 4.69) is 0 Å². The van der Waals surface area contributed by atoms with E-state index in [0.717, 1.165) is 0 Å². The molecule has 0 atom stereocenters. The molecule has 0 aromatic rings. The first kappa shape index (κ1) is 29.7. The zero-order valence-corrected chi connectivity index (χ0v) is 8.42. The molecule has 0 saturated heterocycles. The zero-order chi connectivity index (χ0) is 0. The Labute approximate surface area is 82.5 Å². The van der Waals surface area contributed by atoms with Gasteiger partial charge in [-0.15, -0.1) is 0 Å². The summed E-state index contributed by atoms with van der Waals surface area (Å²) in [6.45, 7) is 0. The SMILES string of the molecule is [AlH3].[MgH2].[SnH2].[Zn]. The van der Waals surface area contributed by atoms with Crippen LogP contribution in [0.5, 0.6) is 0 Å². The molecule has 0 nitrogen and oxygen atoms in total. The van der Waals surface area contributed by atoms with Gasteiger partial charge in [0.25, 0.3) is 0 Å². The zero-order valence-electron chi connectivity index (χ0n) is 1.41. The first-order chi connectivity index (χ1) is 0. The molecule has 0 aliphatic rings. The van der Waals surface area contributed by atoms with E-state index in [0.29, 0.717) is 0 Å². The smallest absolute Gasteiger partial charge is 0 e. The van der Waals surface area contributed by atoms with Crippen LogP contribution in [-0.4, -0.2) is 64.3 Å². The molecule has 0 unspecified atom stereocenters. The summed E-state index contributed by atoms with van der Waals surface area (Å²) >= 11 is 0. The van der Waals surface area contributed by atoms with Crippen molar-refractivity contribution in [2.24, 2.45) is 0 Å². The van der Waals surface area contributed by atoms with Crippen molar-refractivity contribution in [2.75, 3.05) is 0 Å². The van der Waals surface area contributed by atoms with E-state index in [9.17, 15) is 0 Å². The predicted octanol–water partition coefficient (Wildman–Crippen LogP) is -3.02. The minimum Gasteiger partial charge on any atom is 0 e. The van der Waals surface area contributed by atoms with E-state index < -0.39 is 0 Å². The number of rotatable bonds is 0. The monoisotopic (exact) mass is 242 g/mol. The van der Waals surface area contributed by atoms with Gasteiger partial charge in [-0.25, -0.2) is 0 Å². The third-order valence-electron chi connectivity index (χ3n) is 0. The fourth-order valence-corrected chi connectivity index (χ4v) is 0. The average molecular weight is 242 g/mol. The molecule has 0 amide bonds. The Morgan fingerprint density at radius 1 is 1.00 bits per heavy atom. The molecule has 2 radical (unpaired) electrons. The fourth-order valence-electron chi connectivity index (χ4n) is 0. The van der Waals surface area contributed by atoms with Crippen LogP contribution in [0.4, 0.5) is 0 Å². The maximum Gasteiger partial charge on any atom is 0 e. The summed E-state index contributed by atoms with van der Waals surface area (Å²) in [4.78, 5) is 0. The van der Waals surface area contributed by atoms with Gasteiger partial charge in [-0.2, -0.15) is 0 Å². The van der Waals surface area contributed by atoms with Gasteiger partial charge in [0, 0.05) is 19.5 Å². The number of hydrogen-bond acceptors (Lipinski definition) is 0. The van der Waals surface area contributed by atoms with Gasteiger partial charge in [0.15, 0.2) is 17.4 Å². The van der Waals surface area contributed by atoms with Crippen LogP contribution in [0.1, 0.15) is 0 Å². The Morgan fingerprint density at radius 2 is 1.00 bits per heavy atom. The predicted molar refractivity (Wildman–Crippen MR) is 27.0 cm³/mol. The minimum absolute atomic E-state index is 0.